The maximum atomic E-state index is 11.2. The second-order valence-electron chi connectivity index (χ2n) is 2.56. The fourth-order valence-electron chi connectivity index (χ4n) is 0.991. The van der Waals surface area contributed by atoms with Gasteiger partial charge in [0.2, 0.25) is 5.88 Å². The molecule has 1 rings (SSSR count). The molecule has 0 atom stereocenters. The van der Waals surface area contributed by atoms with Crippen LogP contribution in [-0.2, 0) is 4.74 Å². The molecule has 0 bridgehead atoms. The molecule has 0 aliphatic heterocycles. The predicted molar refractivity (Wildman–Crippen MR) is 51.5 cm³/mol. The number of ether oxygens (including phenoxy) is 2. The lowest BCUT2D eigenvalue weighted by molar-refractivity contribution is 0.0600. The SMILES string of the molecule is COC(=O)c1cc(C=NO)nc(OC)c1. The molecule has 0 saturated carbocycles. The maximum absolute atomic E-state index is 11.2. The quantitative estimate of drug-likeness (QED) is 0.343. The molecule has 1 aromatic heterocycles. The molecule has 6 heteroatoms. The van der Waals surface area contributed by atoms with Crippen molar-refractivity contribution in [3.8, 4) is 5.88 Å². The van der Waals surface area contributed by atoms with Crippen LogP contribution < -0.4 is 4.74 Å². The van der Waals surface area contributed by atoms with E-state index in [0.29, 0.717) is 5.69 Å². The van der Waals surface area contributed by atoms with Crippen molar-refractivity contribution in [2.45, 2.75) is 0 Å². The number of aromatic nitrogens is 1. The van der Waals surface area contributed by atoms with Crippen molar-refractivity contribution in [1.82, 2.24) is 4.98 Å². The number of hydrogen-bond donors (Lipinski definition) is 1. The number of hydrogen-bond acceptors (Lipinski definition) is 6. The van der Waals surface area contributed by atoms with Crippen molar-refractivity contribution in [2.75, 3.05) is 14.2 Å². The average molecular weight is 210 g/mol. The lowest BCUT2D eigenvalue weighted by Gasteiger charge is -2.03. The summed E-state index contributed by atoms with van der Waals surface area (Å²) in [4.78, 5) is 15.1. The minimum Gasteiger partial charge on any atom is -0.481 e. The second-order valence-corrected chi connectivity index (χ2v) is 2.56. The van der Waals surface area contributed by atoms with Crippen molar-refractivity contribution in [3.63, 3.8) is 0 Å². The summed E-state index contributed by atoms with van der Waals surface area (Å²) in [5, 5.41) is 11.2. The molecule has 80 valence electrons. The van der Waals surface area contributed by atoms with Crippen LogP contribution >= 0.6 is 0 Å². The number of pyridine rings is 1. The normalized spacial score (nSPS) is 10.3. The average Bonchev–Trinajstić information content (AvgIpc) is 2.28. The number of nitrogens with zero attached hydrogens (tertiary/aromatic N) is 2. The molecule has 1 heterocycles. The predicted octanol–water partition coefficient (Wildman–Crippen LogP) is 0.685. The van der Waals surface area contributed by atoms with E-state index in [1.54, 1.807) is 0 Å². The Morgan fingerprint density at radius 1 is 1.53 bits per heavy atom. The summed E-state index contributed by atoms with van der Waals surface area (Å²) < 4.78 is 9.41. The molecule has 0 aromatic carbocycles. The Balaban J connectivity index is 3.16. The lowest BCUT2D eigenvalue weighted by atomic mass is 10.2. The van der Waals surface area contributed by atoms with Crippen LogP contribution in [0.1, 0.15) is 16.1 Å². The zero-order chi connectivity index (χ0) is 11.3. The minimum absolute atomic E-state index is 0.243. The summed E-state index contributed by atoms with van der Waals surface area (Å²) in [6.45, 7) is 0. The van der Waals surface area contributed by atoms with E-state index in [-0.39, 0.29) is 11.4 Å². The largest absolute Gasteiger partial charge is 0.481 e. The van der Waals surface area contributed by atoms with Gasteiger partial charge in [0.15, 0.2) is 0 Å². The van der Waals surface area contributed by atoms with Gasteiger partial charge in [0.1, 0.15) is 0 Å². The van der Waals surface area contributed by atoms with Crippen LogP contribution in [0.2, 0.25) is 0 Å². The van der Waals surface area contributed by atoms with Crippen LogP contribution in [0.5, 0.6) is 5.88 Å². The van der Waals surface area contributed by atoms with Crippen molar-refractivity contribution in [3.05, 3.63) is 23.4 Å². The summed E-state index contributed by atoms with van der Waals surface area (Å²) >= 11 is 0. The number of rotatable bonds is 3. The van der Waals surface area contributed by atoms with E-state index in [2.05, 4.69) is 14.9 Å². The summed E-state index contributed by atoms with van der Waals surface area (Å²) in [5.41, 5.74) is 0.580. The van der Waals surface area contributed by atoms with Gasteiger partial charge < -0.3 is 14.7 Å². The third-order valence-corrected chi connectivity index (χ3v) is 1.64. The van der Waals surface area contributed by atoms with Gasteiger partial charge in [-0.2, -0.15) is 0 Å². The van der Waals surface area contributed by atoms with Gasteiger partial charge >= 0.3 is 5.97 Å². The van der Waals surface area contributed by atoms with E-state index < -0.39 is 5.97 Å². The smallest absolute Gasteiger partial charge is 0.338 e. The van der Waals surface area contributed by atoms with Gasteiger partial charge in [-0.1, -0.05) is 5.16 Å². The molecule has 0 unspecified atom stereocenters. The van der Waals surface area contributed by atoms with Gasteiger partial charge in [-0.15, -0.1) is 0 Å². The highest BCUT2D eigenvalue weighted by Gasteiger charge is 2.09. The number of oxime groups is 1. The Morgan fingerprint density at radius 3 is 2.80 bits per heavy atom. The topological polar surface area (TPSA) is 81.0 Å². The highest BCUT2D eigenvalue weighted by molar-refractivity contribution is 5.91. The lowest BCUT2D eigenvalue weighted by Crippen LogP contribution is -2.04. The van der Waals surface area contributed by atoms with Crippen molar-refractivity contribution >= 4 is 12.2 Å². The van der Waals surface area contributed by atoms with Gasteiger partial charge in [-0.05, 0) is 6.07 Å². The molecule has 0 aliphatic carbocycles. The molecule has 0 aliphatic rings. The number of carbonyl (C=O) groups excluding carboxylic acids is 1. The first-order valence-corrected chi connectivity index (χ1v) is 4.03. The first kappa shape index (κ1) is 11.0. The Labute approximate surface area is 86.1 Å². The highest BCUT2D eigenvalue weighted by Crippen LogP contribution is 2.12. The number of carbonyl (C=O) groups is 1. The third kappa shape index (κ3) is 2.67. The van der Waals surface area contributed by atoms with E-state index in [0.717, 1.165) is 6.21 Å². The molecular formula is C9H10N2O4. The molecule has 0 amide bonds. The number of esters is 1. The molecule has 0 fully saturated rings. The first-order valence-electron chi connectivity index (χ1n) is 4.03. The van der Waals surface area contributed by atoms with E-state index in [1.165, 1.54) is 26.4 Å². The highest BCUT2D eigenvalue weighted by atomic mass is 16.5. The van der Waals surface area contributed by atoms with Gasteiger partial charge in [0, 0.05) is 6.07 Å². The van der Waals surface area contributed by atoms with Gasteiger partial charge in [0.25, 0.3) is 0 Å². The minimum atomic E-state index is -0.511. The Kier molecular flexibility index (Phi) is 3.61. The molecule has 15 heavy (non-hydrogen) atoms. The first-order chi connectivity index (χ1) is 7.21. The molecule has 0 saturated heterocycles. The van der Waals surface area contributed by atoms with Gasteiger partial charge in [0.05, 0.1) is 31.7 Å². The maximum Gasteiger partial charge on any atom is 0.338 e. The summed E-state index contributed by atoms with van der Waals surface area (Å²) in [6.07, 6.45) is 1.09. The Bertz CT molecular complexity index is 390. The summed E-state index contributed by atoms with van der Waals surface area (Å²) in [7, 11) is 2.69. The fraction of sp³-hybridized carbons (Fsp3) is 0.222. The van der Waals surface area contributed by atoms with Crippen LogP contribution in [0.4, 0.5) is 0 Å². The van der Waals surface area contributed by atoms with Gasteiger partial charge in [-0.3, -0.25) is 0 Å². The number of methoxy groups -OCH3 is 2. The second kappa shape index (κ2) is 4.94. The van der Waals surface area contributed by atoms with Crippen molar-refractivity contribution < 1.29 is 19.5 Å². The summed E-state index contributed by atoms with van der Waals surface area (Å²) in [5.74, 6) is -0.268. The Morgan fingerprint density at radius 2 is 2.27 bits per heavy atom. The molecular weight excluding hydrogens is 200 g/mol. The van der Waals surface area contributed by atoms with Crippen molar-refractivity contribution in [1.29, 1.82) is 0 Å². The third-order valence-electron chi connectivity index (χ3n) is 1.64. The zero-order valence-corrected chi connectivity index (χ0v) is 8.30. The standard InChI is InChI=1S/C9H10N2O4/c1-14-8-4-6(9(12)15-2)3-7(11-8)5-10-13/h3-5,13H,1-2H3. The van der Waals surface area contributed by atoms with Crippen LogP contribution in [0.3, 0.4) is 0 Å². The fourth-order valence-corrected chi connectivity index (χ4v) is 0.991. The molecule has 1 N–H and O–H groups in total. The van der Waals surface area contributed by atoms with Crippen LogP contribution in [-0.4, -0.2) is 36.6 Å². The molecule has 0 radical (unpaired) electrons. The summed E-state index contributed by atoms with van der Waals surface area (Å²) in [6, 6.07) is 2.86. The molecule has 1 aromatic rings. The van der Waals surface area contributed by atoms with Crippen LogP contribution in [0.15, 0.2) is 17.3 Å². The van der Waals surface area contributed by atoms with E-state index in [4.69, 9.17) is 9.94 Å². The van der Waals surface area contributed by atoms with E-state index in [1.807, 2.05) is 0 Å². The van der Waals surface area contributed by atoms with Crippen molar-refractivity contribution in [2.24, 2.45) is 5.16 Å². The van der Waals surface area contributed by atoms with E-state index in [9.17, 15) is 4.79 Å². The molecule has 6 nitrogen and oxygen atoms in total. The monoisotopic (exact) mass is 210 g/mol. The zero-order valence-electron chi connectivity index (χ0n) is 8.30. The van der Waals surface area contributed by atoms with Crippen LogP contribution in [0.25, 0.3) is 0 Å². The van der Waals surface area contributed by atoms with Crippen LogP contribution in [0, 0.1) is 0 Å². The van der Waals surface area contributed by atoms with E-state index >= 15 is 0 Å². The van der Waals surface area contributed by atoms with Gasteiger partial charge in [-0.25, -0.2) is 9.78 Å². The molecule has 0 spiro atoms. The Hall–Kier alpha value is -2.11.